The predicted molar refractivity (Wildman–Crippen MR) is 47.0 cm³/mol. The van der Waals surface area contributed by atoms with Gasteiger partial charge in [0.25, 0.3) is 0 Å². The SMILES string of the molecule is NNNC(=O)OCc1ccccc1F. The fraction of sp³-hybridized carbons (Fsp3) is 0.125. The van der Waals surface area contributed by atoms with E-state index >= 15 is 0 Å². The van der Waals surface area contributed by atoms with E-state index in [9.17, 15) is 9.18 Å². The minimum atomic E-state index is -0.768. The second kappa shape index (κ2) is 5.15. The third-order valence-electron chi connectivity index (χ3n) is 1.49. The van der Waals surface area contributed by atoms with Crippen molar-refractivity contribution in [3.8, 4) is 0 Å². The second-order valence-corrected chi connectivity index (χ2v) is 2.44. The Balaban J connectivity index is 2.46. The van der Waals surface area contributed by atoms with Gasteiger partial charge in [0, 0.05) is 5.56 Å². The molecule has 1 aromatic rings. The lowest BCUT2D eigenvalue weighted by Gasteiger charge is -2.05. The predicted octanol–water partition coefficient (Wildman–Crippen LogP) is 0.430. The van der Waals surface area contributed by atoms with Gasteiger partial charge in [0.1, 0.15) is 12.4 Å². The Morgan fingerprint density at radius 3 is 2.86 bits per heavy atom. The van der Waals surface area contributed by atoms with Crippen LogP contribution in [0.25, 0.3) is 0 Å². The zero-order chi connectivity index (χ0) is 10.4. The van der Waals surface area contributed by atoms with Crippen LogP contribution in [-0.4, -0.2) is 6.09 Å². The summed E-state index contributed by atoms with van der Waals surface area (Å²) in [6, 6.07) is 6.03. The molecule has 76 valence electrons. The number of carbonyl (C=O) groups is 1. The van der Waals surface area contributed by atoms with Gasteiger partial charge in [-0.3, -0.25) is 5.84 Å². The van der Waals surface area contributed by atoms with Gasteiger partial charge in [0.2, 0.25) is 0 Å². The highest BCUT2D eigenvalue weighted by Crippen LogP contribution is 2.07. The molecule has 0 aliphatic carbocycles. The van der Waals surface area contributed by atoms with Crippen LogP contribution in [0.5, 0.6) is 0 Å². The smallest absolute Gasteiger partial charge is 0.423 e. The van der Waals surface area contributed by atoms with Gasteiger partial charge in [-0.1, -0.05) is 18.2 Å². The van der Waals surface area contributed by atoms with Crippen molar-refractivity contribution in [2.24, 2.45) is 5.84 Å². The molecule has 0 saturated heterocycles. The molecule has 0 fully saturated rings. The largest absolute Gasteiger partial charge is 0.444 e. The van der Waals surface area contributed by atoms with Crippen molar-refractivity contribution in [2.75, 3.05) is 0 Å². The topological polar surface area (TPSA) is 76.4 Å². The maximum Gasteiger partial charge on any atom is 0.423 e. The summed E-state index contributed by atoms with van der Waals surface area (Å²) in [4.78, 5) is 10.7. The van der Waals surface area contributed by atoms with Gasteiger partial charge in [-0.2, -0.15) is 5.53 Å². The number of hydrazine groups is 2. The first kappa shape index (κ1) is 10.4. The zero-order valence-corrected chi connectivity index (χ0v) is 7.29. The maximum atomic E-state index is 13.0. The molecule has 0 radical (unpaired) electrons. The van der Waals surface area contributed by atoms with E-state index in [2.05, 4.69) is 4.74 Å². The molecular formula is C8H10FN3O2. The summed E-state index contributed by atoms with van der Waals surface area (Å²) in [6.45, 7) is -0.139. The quantitative estimate of drug-likeness (QED) is 0.487. The third kappa shape index (κ3) is 3.00. The van der Waals surface area contributed by atoms with E-state index in [1.54, 1.807) is 12.1 Å². The monoisotopic (exact) mass is 199 g/mol. The Hall–Kier alpha value is -1.66. The molecule has 4 N–H and O–H groups in total. The highest BCUT2D eigenvalue weighted by molar-refractivity contribution is 5.66. The van der Waals surface area contributed by atoms with Gasteiger partial charge in [-0.05, 0) is 6.07 Å². The Kier molecular flexibility index (Phi) is 3.84. The number of nitrogens with one attached hydrogen (secondary N) is 2. The van der Waals surface area contributed by atoms with Crippen LogP contribution in [-0.2, 0) is 11.3 Å². The number of carbonyl (C=O) groups excluding carboxylic acids is 1. The second-order valence-electron chi connectivity index (χ2n) is 2.44. The summed E-state index contributed by atoms with van der Waals surface area (Å²) in [7, 11) is 0. The summed E-state index contributed by atoms with van der Waals surface area (Å²) in [5.74, 6) is 4.38. The molecule has 0 spiro atoms. The van der Waals surface area contributed by atoms with Gasteiger partial charge in [0.15, 0.2) is 0 Å². The Labute approximate surface area is 80.0 Å². The van der Waals surface area contributed by atoms with Crippen molar-refractivity contribution < 1.29 is 13.9 Å². The number of amides is 1. The molecule has 0 aliphatic heterocycles. The highest BCUT2D eigenvalue weighted by Gasteiger charge is 2.04. The third-order valence-corrected chi connectivity index (χ3v) is 1.49. The Morgan fingerprint density at radius 1 is 1.50 bits per heavy atom. The van der Waals surface area contributed by atoms with Gasteiger partial charge in [-0.15, -0.1) is 0 Å². The molecule has 0 aromatic heterocycles. The molecule has 0 aliphatic rings. The molecule has 0 atom stereocenters. The average Bonchev–Trinajstić information content (AvgIpc) is 2.17. The lowest BCUT2D eigenvalue weighted by Crippen LogP contribution is -2.42. The number of nitrogens with two attached hydrogens (primary N) is 1. The van der Waals surface area contributed by atoms with Crippen molar-refractivity contribution in [2.45, 2.75) is 6.61 Å². The standard InChI is InChI=1S/C8H10FN3O2/c9-7-4-2-1-3-6(7)5-14-8(13)11-12-10/h1-4,12H,5,10H2,(H,11,13). The van der Waals surface area contributed by atoms with E-state index in [1.165, 1.54) is 12.1 Å². The van der Waals surface area contributed by atoms with E-state index < -0.39 is 11.9 Å². The zero-order valence-electron chi connectivity index (χ0n) is 7.29. The van der Waals surface area contributed by atoms with E-state index in [1.807, 2.05) is 11.0 Å². The first-order valence-corrected chi connectivity index (χ1v) is 3.86. The molecule has 0 saturated carbocycles. The molecule has 0 unspecified atom stereocenters. The molecule has 14 heavy (non-hydrogen) atoms. The van der Waals surface area contributed by atoms with Crippen LogP contribution in [0, 0.1) is 5.82 Å². The highest BCUT2D eigenvalue weighted by atomic mass is 19.1. The number of benzene rings is 1. The summed E-state index contributed by atoms with van der Waals surface area (Å²) in [5.41, 5.74) is 4.18. The summed E-state index contributed by atoms with van der Waals surface area (Å²) in [5, 5.41) is 0. The van der Waals surface area contributed by atoms with Crippen LogP contribution in [0.3, 0.4) is 0 Å². The first-order valence-electron chi connectivity index (χ1n) is 3.86. The lowest BCUT2D eigenvalue weighted by molar-refractivity contribution is 0.134. The normalized spacial score (nSPS) is 9.57. The fourth-order valence-electron chi connectivity index (χ4n) is 0.854. The molecule has 1 amide bonds. The maximum absolute atomic E-state index is 13.0. The van der Waals surface area contributed by atoms with E-state index in [4.69, 9.17) is 5.84 Å². The van der Waals surface area contributed by atoms with Crippen molar-refractivity contribution in [1.29, 1.82) is 0 Å². The van der Waals surface area contributed by atoms with Crippen LogP contribution in [0.4, 0.5) is 9.18 Å². The van der Waals surface area contributed by atoms with Gasteiger partial charge < -0.3 is 4.74 Å². The fourth-order valence-corrected chi connectivity index (χ4v) is 0.854. The molecule has 6 heteroatoms. The van der Waals surface area contributed by atoms with Crippen LogP contribution >= 0.6 is 0 Å². The molecule has 1 aromatic carbocycles. The van der Waals surface area contributed by atoms with E-state index in [0.717, 1.165) is 0 Å². The van der Waals surface area contributed by atoms with Gasteiger partial charge in [0.05, 0.1) is 0 Å². The van der Waals surface area contributed by atoms with E-state index in [0.29, 0.717) is 5.56 Å². The van der Waals surface area contributed by atoms with Crippen molar-refractivity contribution >= 4 is 6.09 Å². The van der Waals surface area contributed by atoms with Crippen LogP contribution in [0.15, 0.2) is 24.3 Å². The van der Waals surface area contributed by atoms with Gasteiger partial charge in [-0.25, -0.2) is 14.6 Å². The molecule has 1 rings (SSSR count). The minimum Gasteiger partial charge on any atom is -0.444 e. The minimum absolute atomic E-state index is 0.139. The average molecular weight is 199 g/mol. The number of hydrogen-bond donors (Lipinski definition) is 3. The molecular weight excluding hydrogens is 189 g/mol. The van der Waals surface area contributed by atoms with E-state index in [-0.39, 0.29) is 6.61 Å². The first-order chi connectivity index (χ1) is 6.74. The Morgan fingerprint density at radius 2 is 2.21 bits per heavy atom. The summed E-state index contributed by atoms with van der Waals surface area (Å²) >= 11 is 0. The number of halogens is 1. The van der Waals surface area contributed by atoms with Crippen LogP contribution < -0.4 is 16.8 Å². The molecule has 5 nitrogen and oxygen atoms in total. The summed E-state index contributed by atoms with van der Waals surface area (Å²) < 4.78 is 17.6. The number of ether oxygens (including phenoxy) is 1. The van der Waals surface area contributed by atoms with Crippen LogP contribution in [0.1, 0.15) is 5.56 Å². The summed E-state index contributed by atoms with van der Waals surface area (Å²) in [6.07, 6.45) is -0.768. The number of rotatable bonds is 3. The number of hydrogen-bond acceptors (Lipinski definition) is 4. The molecule has 0 bridgehead atoms. The lowest BCUT2D eigenvalue weighted by atomic mass is 10.2. The van der Waals surface area contributed by atoms with Crippen molar-refractivity contribution in [3.05, 3.63) is 35.6 Å². The Bertz CT molecular complexity index is 319. The van der Waals surface area contributed by atoms with Crippen LogP contribution in [0.2, 0.25) is 0 Å². The van der Waals surface area contributed by atoms with Crippen molar-refractivity contribution in [3.63, 3.8) is 0 Å². The molecule has 0 heterocycles. The van der Waals surface area contributed by atoms with Crippen molar-refractivity contribution in [1.82, 2.24) is 11.0 Å². The van der Waals surface area contributed by atoms with Gasteiger partial charge >= 0.3 is 6.09 Å².